The summed E-state index contributed by atoms with van der Waals surface area (Å²) in [5.41, 5.74) is 1.41. The van der Waals surface area contributed by atoms with Gasteiger partial charge in [-0.2, -0.15) is 5.26 Å². The summed E-state index contributed by atoms with van der Waals surface area (Å²) in [6.07, 6.45) is 0. The van der Waals surface area contributed by atoms with Gasteiger partial charge in [-0.25, -0.2) is 0 Å². The fourth-order valence-corrected chi connectivity index (χ4v) is 1.20. The van der Waals surface area contributed by atoms with E-state index in [1.807, 2.05) is 0 Å². The van der Waals surface area contributed by atoms with Crippen LogP contribution in [0.1, 0.15) is 17.0 Å². The molecule has 0 fully saturated rings. The second kappa shape index (κ2) is 5.65. The minimum absolute atomic E-state index is 0.167. The van der Waals surface area contributed by atoms with E-state index in [4.69, 9.17) is 9.78 Å². The lowest BCUT2D eigenvalue weighted by atomic mass is 10.2. The van der Waals surface area contributed by atoms with Gasteiger partial charge in [-0.15, -0.1) is 0 Å². The average Bonchev–Trinajstić information content (AvgIpc) is 2.63. The molecule has 0 radical (unpaired) electrons. The van der Waals surface area contributed by atoms with E-state index in [0.717, 1.165) is 5.56 Å². The Balaban J connectivity index is 2.49. The molecule has 2 N–H and O–H groups in total. The number of nitriles is 1. The molecule has 7 nitrogen and oxygen atoms in total. The van der Waals surface area contributed by atoms with E-state index < -0.39 is 11.8 Å². The third-order valence-corrected chi connectivity index (χ3v) is 2.14. The van der Waals surface area contributed by atoms with Crippen molar-refractivity contribution >= 4 is 11.8 Å². The second-order valence-corrected chi connectivity index (χ2v) is 3.33. The summed E-state index contributed by atoms with van der Waals surface area (Å²) in [5.74, 6) is -1.03. The molecule has 0 saturated carbocycles. The Morgan fingerprint density at radius 3 is 2.53 bits per heavy atom. The quantitative estimate of drug-likeness (QED) is 0.545. The van der Waals surface area contributed by atoms with Crippen LogP contribution in [0.2, 0.25) is 0 Å². The monoisotopic (exact) mass is 236 g/mol. The van der Waals surface area contributed by atoms with Gasteiger partial charge in [0.05, 0.1) is 11.8 Å². The molecule has 0 aliphatic heterocycles. The van der Waals surface area contributed by atoms with Crippen LogP contribution in [-0.4, -0.2) is 23.5 Å². The van der Waals surface area contributed by atoms with Gasteiger partial charge in [-0.05, 0) is 13.8 Å². The maximum atomic E-state index is 11.3. The van der Waals surface area contributed by atoms with Crippen LogP contribution in [0.4, 0.5) is 0 Å². The summed E-state index contributed by atoms with van der Waals surface area (Å²) >= 11 is 0. The number of carbonyl (C=O) groups excluding carboxylic acids is 2. The number of hydrogen-bond donors (Lipinski definition) is 2. The first kappa shape index (κ1) is 12.7. The van der Waals surface area contributed by atoms with E-state index in [-0.39, 0.29) is 13.1 Å². The van der Waals surface area contributed by atoms with Gasteiger partial charge in [0.25, 0.3) is 0 Å². The van der Waals surface area contributed by atoms with Gasteiger partial charge >= 0.3 is 11.8 Å². The fraction of sp³-hybridized carbons (Fsp3) is 0.400. The molecule has 1 aromatic rings. The van der Waals surface area contributed by atoms with Crippen LogP contribution in [0, 0.1) is 25.2 Å². The normalized spacial score (nSPS) is 9.47. The Bertz CT molecular complexity index is 453. The summed E-state index contributed by atoms with van der Waals surface area (Å²) in [7, 11) is 0. The Hall–Kier alpha value is -2.36. The summed E-state index contributed by atoms with van der Waals surface area (Å²) in [5, 5.41) is 16.5. The van der Waals surface area contributed by atoms with Crippen molar-refractivity contribution in [1.29, 1.82) is 5.26 Å². The third kappa shape index (κ3) is 3.31. The molecule has 0 spiro atoms. The van der Waals surface area contributed by atoms with E-state index in [1.165, 1.54) is 0 Å². The van der Waals surface area contributed by atoms with Crippen LogP contribution in [0.3, 0.4) is 0 Å². The zero-order chi connectivity index (χ0) is 12.8. The standard InChI is InChI=1S/C10H12N4O3/c1-6-8(7(2)17-14-6)5-13-10(16)9(15)12-4-3-11/h4-5H2,1-2H3,(H,12,15)(H,13,16). The van der Waals surface area contributed by atoms with Crippen molar-refractivity contribution in [1.82, 2.24) is 15.8 Å². The molecule has 17 heavy (non-hydrogen) atoms. The molecule has 0 saturated heterocycles. The highest BCUT2D eigenvalue weighted by Crippen LogP contribution is 2.11. The first-order valence-electron chi connectivity index (χ1n) is 4.91. The molecular formula is C10H12N4O3. The summed E-state index contributed by atoms with van der Waals surface area (Å²) < 4.78 is 4.91. The maximum Gasteiger partial charge on any atom is 0.310 e. The lowest BCUT2D eigenvalue weighted by Crippen LogP contribution is -2.39. The average molecular weight is 236 g/mol. The zero-order valence-electron chi connectivity index (χ0n) is 9.53. The molecular weight excluding hydrogens is 224 g/mol. The Morgan fingerprint density at radius 1 is 1.35 bits per heavy atom. The van der Waals surface area contributed by atoms with Gasteiger partial charge in [0.1, 0.15) is 12.3 Å². The Labute approximate surface area is 97.8 Å². The fourth-order valence-electron chi connectivity index (χ4n) is 1.20. The smallest absolute Gasteiger partial charge is 0.310 e. The zero-order valence-corrected chi connectivity index (χ0v) is 9.53. The van der Waals surface area contributed by atoms with Crippen molar-refractivity contribution in [3.8, 4) is 6.07 Å². The lowest BCUT2D eigenvalue weighted by Gasteiger charge is -2.03. The molecule has 7 heteroatoms. The number of rotatable bonds is 3. The van der Waals surface area contributed by atoms with Crippen LogP contribution in [0.15, 0.2) is 4.52 Å². The maximum absolute atomic E-state index is 11.3. The molecule has 0 unspecified atom stereocenters. The highest BCUT2D eigenvalue weighted by molar-refractivity contribution is 6.35. The van der Waals surface area contributed by atoms with E-state index in [0.29, 0.717) is 11.5 Å². The SMILES string of the molecule is Cc1noc(C)c1CNC(=O)C(=O)NCC#N. The minimum Gasteiger partial charge on any atom is -0.361 e. The molecule has 0 aliphatic carbocycles. The molecule has 0 atom stereocenters. The largest absolute Gasteiger partial charge is 0.361 e. The molecule has 0 aromatic carbocycles. The van der Waals surface area contributed by atoms with Crippen LogP contribution < -0.4 is 10.6 Å². The molecule has 2 amide bonds. The third-order valence-electron chi connectivity index (χ3n) is 2.14. The Morgan fingerprint density at radius 2 is 2.00 bits per heavy atom. The van der Waals surface area contributed by atoms with Crippen molar-refractivity contribution in [2.45, 2.75) is 20.4 Å². The van der Waals surface area contributed by atoms with E-state index in [1.54, 1.807) is 19.9 Å². The molecule has 0 aliphatic rings. The first-order chi connectivity index (χ1) is 8.06. The molecule has 1 aromatic heterocycles. The van der Waals surface area contributed by atoms with Gasteiger partial charge in [-0.1, -0.05) is 5.16 Å². The number of nitrogens with zero attached hydrogens (tertiary/aromatic N) is 2. The molecule has 1 rings (SSSR count). The number of hydrogen-bond acceptors (Lipinski definition) is 5. The van der Waals surface area contributed by atoms with E-state index in [2.05, 4.69) is 15.8 Å². The number of aromatic nitrogens is 1. The van der Waals surface area contributed by atoms with Crippen molar-refractivity contribution in [3.63, 3.8) is 0 Å². The van der Waals surface area contributed by atoms with Crippen molar-refractivity contribution in [2.75, 3.05) is 6.54 Å². The van der Waals surface area contributed by atoms with Crippen LogP contribution >= 0.6 is 0 Å². The number of carbonyl (C=O) groups is 2. The van der Waals surface area contributed by atoms with Crippen molar-refractivity contribution < 1.29 is 14.1 Å². The molecule has 90 valence electrons. The van der Waals surface area contributed by atoms with Gasteiger partial charge in [-0.3, -0.25) is 9.59 Å². The van der Waals surface area contributed by atoms with E-state index >= 15 is 0 Å². The summed E-state index contributed by atoms with van der Waals surface area (Å²) in [6, 6.07) is 1.70. The molecule has 1 heterocycles. The van der Waals surface area contributed by atoms with Gasteiger partial charge in [0.2, 0.25) is 0 Å². The van der Waals surface area contributed by atoms with Gasteiger partial charge in [0, 0.05) is 12.1 Å². The minimum atomic E-state index is -0.835. The summed E-state index contributed by atoms with van der Waals surface area (Å²) in [4.78, 5) is 22.4. The highest BCUT2D eigenvalue weighted by atomic mass is 16.5. The number of amides is 2. The second-order valence-electron chi connectivity index (χ2n) is 3.33. The van der Waals surface area contributed by atoms with Crippen molar-refractivity contribution in [3.05, 3.63) is 17.0 Å². The first-order valence-corrected chi connectivity index (χ1v) is 4.91. The van der Waals surface area contributed by atoms with Crippen molar-refractivity contribution in [2.24, 2.45) is 0 Å². The topological polar surface area (TPSA) is 108 Å². The van der Waals surface area contributed by atoms with E-state index in [9.17, 15) is 9.59 Å². The highest BCUT2D eigenvalue weighted by Gasteiger charge is 2.15. The Kier molecular flexibility index (Phi) is 4.22. The predicted molar refractivity (Wildman–Crippen MR) is 56.4 cm³/mol. The van der Waals surface area contributed by atoms with Crippen LogP contribution in [-0.2, 0) is 16.1 Å². The predicted octanol–water partition coefficient (Wildman–Crippen LogP) is -0.453. The van der Waals surface area contributed by atoms with Gasteiger partial charge in [0.15, 0.2) is 0 Å². The van der Waals surface area contributed by atoms with Crippen LogP contribution in [0.25, 0.3) is 0 Å². The number of aryl methyl sites for hydroxylation is 2. The lowest BCUT2D eigenvalue weighted by molar-refractivity contribution is -0.139. The molecule has 0 bridgehead atoms. The van der Waals surface area contributed by atoms with Gasteiger partial charge < -0.3 is 15.2 Å². The summed E-state index contributed by atoms with van der Waals surface area (Å²) in [6.45, 7) is 3.43. The number of nitrogens with one attached hydrogen (secondary N) is 2. The van der Waals surface area contributed by atoms with Crippen LogP contribution in [0.5, 0.6) is 0 Å².